The second-order valence-corrected chi connectivity index (χ2v) is 7.07. The molecule has 1 N–H and O–H groups in total. The van der Waals surface area contributed by atoms with Crippen molar-refractivity contribution in [3.8, 4) is 5.75 Å². The van der Waals surface area contributed by atoms with Crippen LogP contribution in [0.1, 0.15) is 43.9 Å². The zero-order valence-electron chi connectivity index (χ0n) is 15.3. The van der Waals surface area contributed by atoms with Gasteiger partial charge in [0.2, 0.25) is 0 Å². The van der Waals surface area contributed by atoms with Gasteiger partial charge >= 0.3 is 0 Å². The van der Waals surface area contributed by atoms with Gasteiger partial charge in [0.05, 0.1) is 19.3 Å². The first-order valence-corrected chi connectivity index (χ1v) is 9.26. The van der Waals surface area contributed by atoms with E-state index in [1.165, 1.54) is 11.3 Å². The third kappa shape index (κ3) is 4.83. The predicted molar refractivity (Wildman–Crippen MR) is 98.8 cm³/mol. The van der Waals surface area contributed by atoms with Crippen molar-refractivity contribution >= 4 is 0 Å². The van der Waals surface area contributed by atoms with Crippen LogP contribution in [0.4, 0.5) is 0 Å². The normalized spacial score (nSPS) is 16.5. The molecule has 0 bridgehead atoms. The number of aliphatic hydroxyl groups is 1. The van der Waals surface area contributed by atoms with Crippen molar-refractivity contribution in [2.45, 2.75) is 51.8 Å². The Labute approximate surface area is 150 Å². The van der Waals surface area contributed by atoms with Gasteiger partial charge < -0.3 is 9.84 Å². The highest BCUT2D eigenvalue weighted by molar-refractivity contribution is 5.28. The molecule has 25 heavy (non-hydrogen) atoms. The van der Waals surface area contributed by atoms with Crippen LogP contribution in [0, 0.1) is 0 Å². The highest BCUT2D eigenvalue weighted by Crippen LogP contribution is 2.28. The summed E-state index contributed by atoms with van der Waals surface area (Å²) in [5, 5.41) is 13.5. The van der Waals surface area contributed by atoms with Crippen LogP contribution < -0.4 is 4.74 Å². The van der Waals surface area contributed by atoms with E-state index in [0.29, 0.717) is 12.5 Å². The molecule has 0 spiro atoms. The Morgan fingerprint density at radius 1 is 1.24 bits per heavy atom. The summed E-state index contributed by atoms with van der Waals surface area (Å²) in [7, 11) is 0. The number of benzene rings is 1. The lowest BCUT2D eigenvalue weighted by atomic mass is 9.93. The van der Waals surface area contributed by atoms with Crippen LogP contribution in [0.25, 0.3) is 0 Å². The molecule has 1 aromatic carbocycles. The van der Waals surface area contributed by atoms with Gasteiger partial charge in [-0.3, -0.25) is 9.58 Å². The first-order chi connectivity index (χ1) is 12.2. The SMILES string of the molecule is CC(C)Oc1cccc(CN2CCC(c3ccnn3CCO)CC2)c1. The number of nitrogens with zero attached hydrogens (tertiary/aromatic N) is 3. The van der Waals surface area contributed by atoms with Crippen molar-refractivity contribution < 1.29 is 9.84 Å². The first kappa shape index (κ1) is 18.0. The van der Waals surface area contributed by atoms with Crippen LogP contribution in [-0.2, 0) is 13.1 Å². The van der Waals surface area contributed by atoms with Crippen LogP contribution in [0.3, 0.4) is 0 Å². The molecule has 0 radical (unpaired) electrons. The van der Waals surface area contributed by atoms with Gasteiger partial charge in [-0.25, -0.2) is 0 Å². The van der Waals surface area contributed by atoms with Crippen molar-refractivity contribution in [1.82, 2.24) is 14.7 Å². The van der Waals surface area contributed by atoms with Crippen LogP contribution in [0.2, 0.25) is 0 Å². The summed E-state index contributed by atoms with van der Waals surface area (Å²) in [4.78, 5) is 2.51. The quantitative estimate of drug-likeness (QED) is 0.839. The number of aromatic nitrogens is 2. The molecular formula is C20H29N3O2. The highest BCUT2D eigenvalue weighted by Gasteiger charge is 2.23. The Bertz CT molecular complexity index is 660. The molecular weight excluding hydrogens is 314 g/mol. The maximum Gasteiger partial charge on any atom is 0.120 e. The Hall–Kier alpha value is -1.85. The van der Waals surface area contributed by atoms with Gasteiger partial charge in [0.25, 0.3) is 0 Å². The van der Waals surface area contributed by atoms with Crippen molar-refractivity contribution in [2.75, 3.05) is 19.7 Å². The minimum atomic E-state index is 0.141. The summed E-state index contributed by atoms with van der Waals surface area (Å²) >= 11 is 0. The summed E-state index contributed by atoms with van der Waals surface area (Å²) in [5.41, 5.74) is 2.57. The number of rotatable bonds is 7. The molecule has 5 nitrogen and oxygen atoms in total. The smallest absolute Gasteiger partial charge is 0.120 e. The van der Waals surface area contributed by atoms with Crippen LogP contribution >= 0.6 is 0 Å². The largest absolute Gasteiger partial charge is 0.491 e. The van der Waals surface area contributed by atoms with E-state index in [1.807, 2.05) is 16.9 Å². The molecule has 1 saturated heterocycles. The van der Waals surface area contributed by atoms with E-state index in [2.05, 4.69) is 48.1 Å². The standard InChI is InChI=1S/C20H29N3O2/c1-16(2)25-19-5-3-4-17(14-19)15-22-10-7-18(8-11-22)20-6-9-21-23(20)12-13-24/h3-6,9,14,16,18,24H,7-8,10-13,15H2,1-2H3. The van der Waals surface area contributed by atoms with Crippen molar-refractivity contribution in [3.63, 3.8) is 0 Å². The Balaban J connectivity index is 1.55. The fraction of sp³-hybridized carbons (Fsp3) is 0.550. The number of piperidine rings is 1. The lowest BCUT2D eigenvalue weighted by Gasteiger charge is -2.32. The number of ether oxygens (including phenoxy) is 1. The third-order valence-electron chi connectivity index (χ3n) is 4.74. The van der Waals surface area contributed by atoms with Crippen molar-refractivity contribution in [1.29, 1.82) is 0 Å². The summed E-state index contributed by atoms with van der Waals surface area (Å²) < 4.78 is 7.75. The van der Waals surface area contributed by atoms with Gasteiger partial charge in [0.15, 0.2) is 0 Å². The van der Waals surface area contributed by atoms with Crippen LogP contribution in [-0.4, -0.2) is 45.6 Å². The number of aliphatic hydroxyl groups excluding tert-OH is 1. The average molecular weight is 343 g/mol. The highest BCUT2D eigenvalue weighted by atomic mass is 16.5. The molecule has 3 rings (SSSR count). The number of hydrogen-bond acceptors (Lipinski definition) is 4. The molecule has 2 aromatic rings. The molecule has 2 heterocycles. The number of likely N-dealkylation sites (tertiary alicyclic amines) is 1. The summed E-state index contributed by atoms with van der Waals surface area (Å²) in [6.07, 6.45) is 4.32. The van der Waals surface area contributed by atoms with Crippen LogP contribution in [0.15, 0.2) is 36.5 Å². The molecule has 1 fully saturated rings. The fourth-order valence-corrected chi connectivity index (χ4v) is 3.61. The fourth-order valence-electron chi connectivity index (χ4n) is 3.61. The van der Waals surface area contributed by atoms with Crippen LogP contribution in [0.5, 0.6) is 5.75 Å². The minimum Gasteiger partial charge on any atom is -0.491 e. The van der Waals surface area contributed by atoms with Gasteiger partial charge in [-0.2, -0.15) is 5.10 Å². The molecule has 1 aliphatic heterocycles. The summed E-state index contributed by atoms with van der Waals surface area (Å²) in [5.74, 6) is 1.50. The van der Waals surface area contributed by atoms with Gasteiger partial charge in [-0.15, -0.1) is 0 Å². The lowest BCUT2D eigenvalue weighted by molar-refractivity contribution is 0.198. The average Bonchev–Trinajstić information content (AvgIpc) is 3.04. The molecule has 0 saturated carbocycles. The summed E-state index contributed by atoms with van der Waals surface area (Å²) in [6, 6.07) is 10.5. The monoisotopic (exact) mass is 343 g/mol. The molecule has 0 atom stereocenters. The molecule has 0 aliphatic carbocycles. The van der Waals surface area contributed by atoms with Gasteiger partial charge in [0, 0.05) is 24.4 Å². The Morgan fingerprint density at radius 3 is 2.76 bits per heavy atom. The Morgan fingerprint density at radius 2 is 2.04 bits per heavy atom. The minimum absolute atomic E-state index is 0.141. The number of hydrogen-bond donors (Lipinski definition) is 1. The molecule has 0 amide bonds. The molecule has 1 aromatic heterocycles. The van der Waals surface area contributed by atoms with Crippen molar-refractivity contribution in [2.24, 2.45) is 0 Å². The zero-order valence-corrected chi connectivity index (χ0v) is 15.3. The zero-order chi connectivity index (χ0) is 17.6. The maximum absolute atomic E-state index is 9.16. The molecule has 1 aliphatic rings. The van der Waals surface area contributed by atoms with E-state index >= 15 is 0 Å². The Kier molecular flexibility index (Phi) is 6.10. The van der Waals surface area contributed by atoms with Crippen molar-refractivity contribution in [3.05, 3.63) is 47.8 Å². The molecule has 0 unspecified atom stereocenters. The van der Waals surface area contributed by atoms with E-state index < -0.39 is 0 Å². The van der Waals surface area contributed by atoms with E-state index in [4.69, 9.17) is 9.84 Å². The molecule has 136 valence electrons. The van der Waals surface area contributed by atoms with Gasteiger partial charge in [-0.05, 0) is 63.5 Å². The maximum atomic E-state index is 9.16. The summed E-state index contributed by atoms with van der Waals surface area (Å²) in [6.45, 7) is 7.98. The van der Waals surface area contributed by atoms with E-state index in [1.54, 1.807) is 0 Å². The second kappa shape index (κ2) is 8.50. The van der Waals surface area contributed by atoms with E-state index in [0.717, 1.165) is 38.2 Å². The first-order valence-electron chi connectivity index (χ1n) is 9.26. The van der Waals surface area contributed by atoms with Gasteiger partial charge in [-0.1, -0.05) is 12.1 Å². The molecule has 5 heteroatoms. The predicted octanol–water partition coefficient (Wildman–Crippen LogP) is 3.04. The lowest BCUT2D eigenvalue weighted by Crippen LogP contribution is -2.33. The topological polar surface area (TPSA) is 50.5 Å². The van der Waals surface area contributed by atoms with E-state index in [9.17, 15) is 0 Å². The second-order valence-electron chi connectivity index (χ2n) is 7.07. The van der Waals surface area contributed by atoms with Gasteiger partial charge in [0.1, 0.15) is 5.75 Å². The third-order valence-corrected chi connectivity index (χ3v) is 4.74. The van der Waals surface area contributed by atoms with E-state index in [-0.39, 0.29) is 12.7 Å².